The minimum Gasteiger partial charge on any atom is -0.508 e. The van der Waals surface area contributed by atoms with E-state index in [0.717, 1.165) is 17.1 Å². The molecular weight excluding hydrogens is 252 g/mol. The van der Waals surface area contributed by atoms with E-state index in [1.54, 1.807) is 24.3 Å². The maximum Gasteiger partial charge on any atom is 0.246 e. The summed E-state index contributed by atoms with van der Waals surface area (Å²) in [5.74, 6) is 1.44. The first kappa shape index (κ1) is 12.2. The molecule has 0 amide bonds. The topological polar surface area (TPSA) is 73.8 Å². The van der Waals surface area contributed by atoms with Gasteiger partial charge in [0, 0.05) is 11.3 Å². The van der Waals surface area contributed by atoms with Crippen LogP contribution < -0.4 is 5.32 Å². The van der Waals surface area contributed by atoms with Crippen LogP contribution in [0.5, 0.6) is 5.75 Å². The van der Waals surface area contributed by atoms with Crippen molar-refractivity contribution in [2.45, 2.75) is 6.92 Å². The maximum absolute atomic E-state index is 9.24. The van der Waals surface area contributed by atoms with Crippen molar-refractivity contribution in [2.24, 2.45) is 0 Å². The van der Waals surface area contributed by atoms with Crippen LogP contribution in [0.1, 0.15) is 5.56 Å². The summed E-state index contributed by atoms with van der Waals surface area (Å²) in [6.07, 6.45) is 0. The Morgan fingerprint density at radius 3 is 2.65 bits per heavy atom. The quantitative estimate of drug-likeness (QED) is 0.636. The highest BCUT2D eigenvalue weighted by Crippen LogP contribution is 2.20. The van der Waals surface area contributed by atoms with Crippen LogP contribution in [0.15, 0.2) is 48.5 Å². The zero-order valence-corrected chi connectivity index (χ0v) is 11.0. The van der Waals surface area contributed by atoms with Crippen molar-refractivity contribution in [1.82, 2.24) is 15.2 Å². The zero-order valence-electron chi connectivity index (χ0n) is 11.0. The van der Waals surface area contributed by atoms with E-state index in [2.05, 4.69) is 20.5 Å². The minimum atomic E-state index is 0.228. The van der Waals surface area contributed by atoms with Gasteiger partial charge in [-0.1, -0.05) is 23.8 Å². The van der Waals surface area contributed by atoms with Crippen LogP contribution in [-0.4, -0.2) is 20.3 Å². The molecular formula is C15H14N4O. The molecule has 0 atom stereocenters. The van der Waals surface area contributed by atoms with Gasteiger partial charge in [0.05, 0.1) is 0 Å². The van der Waals surface area contributed by atoms with E-state index in [1.807, 2.05) is 31.2 Å². The van der Waals surface area contributed by atoms with Crippen molar-refractivity contribution < 1.29 is 5.11 Å². The number of aromatic hydroxyl groups is 1. The smallest absolute Gasteiger partial charge is 0.246 e. The second kappa shape index (κ2) is 5.05. The molecule has 0 saturated heterocycles. The minimum absolute atomic E-state index is 0.228. The Morgan fingerprint density at radius 2 is 1.90 bits per heavy atom. The molecule has 5 nitrogen and oxygen atoms in total. The van der Waals surface area contributed by atoms with Crippen molar-refractivity contribution in [1.29, 1.82) is 0 Å². The van der Waals surface area contributed by atoms with Crippen molar-refractivity contribution in [3.05, 3.63) is 54.1 Å². The first-order chi connectivity index (χ1) is 9.70. The molecule has 5 heteroatoms. The number of phenols is 1. The molecule has 20 heavy (non-hydrogen) atoms. The average Bonchev–Trinajstić information content (AvgIpc) is 2.90. The van der Waals surface area contributed by atoms with Gasteiger partial charge in [-0.05, 0) is 37.3 Å². The molecule has 3 N–H and O–H groups in total. The summed E-state index contributed by atoms with van der Waals surface area (Å²) in [6.45, 7) is 2.04. The number of rotatable bonds is 3. The molecule has 3 aromatic rings. The summed E-state index contributed by atoms with van der Waals surface area (Å²) >= 11 is 0. The molecule has 0 aliphatic heterocycles. The number of aromatic nitrogens is 3. The normalized spacial score (nSPS) is 10.4. The lowest BCUT2D eigenvalue weighted by Crippen LogP contribution is -1.91. The molecule has 0 fully saturated rings. The van der Waals surface area contributed by atoms with Gasteiger partial charge < -0.3 is 10.4 Å². The Bertz CT molecular complexity index is 719. The Hall–Kier alpha value is -2.82. The highest BCUT2D eigenvalue weighted by Gasteiger charge is 2.05. The van der Waals surface area contributed by atoms with Gasteiger partial charge in [-0.2, -0.15) is 4.98 Å². The van der Waals surface area contributed by atoms with Gasteiger partial charge in [0.25, 0.3) is 0 Å². The number of nitrogens with one attached hydrogen (secondary N) is 2. The number of benzene rings is 2. The summed E-state index contributed by atoms with van der Waals surface area (Å²) in [4.78, 5) is 4.40. The molecule has 0 saturated carbocycles. The largest absolute Gasteiger partial charge is 0.508 e. The molecule has 1 aromatic heterocycles. The summed E-state index contributed by atoms with van der Waals surface area (Å²) in [6, 6.07) is 14.8. The molecule has 1 heterocycles. The Kier molecular flexibility index (Phi) is 3.09. The van der Waals surface area contributed by atoms with Crippen LogP contribution in [0.3, 0.4) is 0 Å². The van der Waals surface area contributed by atoms with E-state index >= 15 is 0 Å². The summed E-state index contributed by atoms with van der Waals surface area (Å²) < 4.78 is 0. The first-order valence-electron chi connectivity index (χ1n) is 6.26. The SMILES string of the molecule is Cc1cccc(-c2nc(Nc3ccc(O)cc3)n[nH]2)c1. The van der Waals surface area contributed by atoms with Crippen LogP contribution >= 0.6 is 0 Å². The molecule has 0 radical (unpaired) electrons. The summed E-state index contributed by atoms with van der Waals surface area (Å²) in [7, 11) is 0. The van der Waals surface area contributed by atoms with Crippen LogP contribution in [0.2, 0.25) is 0 Å². The van der Waals surface area contributed by atoms with Crippen molar-refractivity contribution in [3.8, 4) is 17.1 Å². The molecule has 0 bridgehead atoms. The van der Waals surface area contributed by atoms with Gasteiger partial charge in [0.2, 0.25) is 5.95 Å². The lowest BCUT2D eigenvalue weighted by Gasteiger charge is -2.01. The fourth-order valence-corrected chi connectivity index (χ4v) is 1.91. The van der Waals surface area contributed by atoms with Crippen LogP contribution in [0.25, 0.3) is 11.4 Å². The van der Waals surface area contributed by atoms with Crippen molar-refractivity contribution >= 4 is 11.6 Å². The van der Waals surface area contributed by atoms with Crippen molar-refractivity contribution in [3.63, 3.8) is 0 Å². The predicted molar refractivity (Wildman–Crippen MR) is 77.9 cm³/mol. The van der Waals surface area contributed by atoms with Gasteiger partial charge in [0.1, 0.15) is 5.75 Å². The highest BCUT2D eigenvalue weighted by molar-refractivity contribution is 5.60. The van der Waals surface area contributed by atoms with Gasteiger partial charge in [-0.15, -0.1) is 5.10 Å². The average molecular weight is 266 g/mol. The molecule has 0 aliphatic carbocycles. The molecule has 3 rings (SSSR count). The third-order valence-corrected chi connectivity index (χ3v) is 2.90. The van der Waals surface area contributed by atoms with Gasteiger partial charge in [0.15, 0.2) is 5.82 Å². The molecule has 0 unspecified atom stereocenters. The summed E-state index contributed by atoms with van der Waals surface area (Å²) in [5, 5.41) is 19.3. The number of hydrogen-bond acceptors (Lipinski definition) is 4. The van der Waals surface area contributed by atoms with E-state index in [1.165, 1.54) is 5.56 Å². The standard InChI is InChI=1S/C15H14N4O/c1-10-3-2-4-11(9-10)14-17-15(19-18-14)16-12-5-7-13(20)8-6-12/h2-9,20H,1H3,(H2,16,17,18,19). The monoisotopic (exact) mass is 266 g/mol. The van der Waals surface area contributed by atoms with E-state index < -0.39 is 0 Å². The third-order valence-electron chi connectivity index (χ3n) is 2.90. The molecule has 100 valence electrons. The number of aromatic amines is 1. The molecule has 2 aromatic carbocycles. The van der Waals surface area contributed by atoms with Gasteiger partial charge in [-0.3, -0.25) is 5.10 Å². The van der Waals surface area contributed by atoms with E-state index in [9.17, 15) is 5.11 Å². The summed E-state index contributed by atoms with van der Waals surface area (Å²) in [5.41, 5.74) is 2.99. The Labute approximate surface area is 116 Å². The van der Waals surface area contributed by atoms with E-state index in [4.69, 9.17) is 0 Å². The van der Waals surface area contributed by atoms with E-state index in [-0.39, 0.29) is 5.75 Å². The number of aryl methyl sites for hydroxylation is 1. The van der Waals surface area contributed by atoms with Crippen LogP contribution in [0.4, 0.5) is 11.6 Å². The van der Waals surface area contributed by atoms with Crippen LogP contribution in [-0.2, 0) is 0 Å². The number of H-pyrrole nitrogens is 1. The highest BCUT2D eigenvalue weighted by atomic mass is 16.3. The van der Waals surface area contributed by atoms with Crippen molar-refractivity contribution in [2.75, 3.05) is 5.32 Å². The number of hydrogen-bond donors (Lipinski definition) is 3. The maximum atomic E-state index is 9.24. The van der Waals surface area contributed by atoms with E-state index in [0.29, 0.717) is 5.95 Å². The van der Waals surface area contributed by atoms with Gasteiger partial charge in [-0.25, -0.2) is 0 Å². The van der Waals surface area contributed by atoms with Gasteiger partial charge >= 0.3 is 0 Å². The number of nitrogens with zero attached hydrogens (tertiary/aromatic N) is 2. The number of phenolic OH excluding ortho intramolecular Hbond substituents is 1. The molecule has 0 aliphatic rings. The predicted octanol–water partition coefficient (Wildman–Crippen LogP) is 3.23. The Morgan fingerprint density at radius 1 is 1.10 bits per heavy atom. The fraction of sp³-hybridized carbons (Fsp3) is 0.0667. The van der Waals surface area contributed by atoms with Crippen LogP contribution in [0, 0.1) is 6.92 Å². The third kappa shape index (κ3) is 2.61. The second-order valence-corrected chi connectivity index (χ2v) is 4.55. The lowest BCUT2D eigenvalue weighted by atomic mass is 10.1. The fourth-order valence-electron chi connectivity index (χ4n) is 1.91. The number of anilines is 2. The second-order valence-electron chi connectivity index (χ2n) is 4.55. The zero-order chi connectivity index (χ0) is 13.9. The first-order valence-corrected chi connectivity index (χ1v) is 6.26. The Balaban J connectivity index is 1.82. The molecule has 0 spiro atoms. The lowest BCUT2D eigenvalue weighted by molar-refractivity contribution is 0.475.